The second kappa shape index (κ2) is 7.40. The number of fused-ring (bicyclic) bond motifs is 5. The van der Waals surface area contributed by atoms with Crippen molar-refractivity contribution in [1.29, 1.82) is 0 Å². The fourth-order valence-corrected chi connectivity index (χ4v) is 7.31. The summed E-state index contributed by atoms with van der Waals surface area (Å²) in [5.74, 6) is 1.91. The van der Waals surface area contributed by atoms with Crippen LogP contribution in [-0.4, -0.2) is 23.1 Å². The third-order valence-corrected chi connectivity index (χ3v) is 9.07. The van der Waals surface area contributed by atoms with Crippen molar-refractivity contribution in [2.75, 3.05) is 0 Å². The first-order valence-electron chi connectivity index (χ1n) is 11.6. The van der Waals surface area contributed by atoms with Crippen LogP contribution in [0, 0.1) is 34.4 Å². The van der Waals surface area contributed by atoms with E-state index in [1.54, 1.807) is 18.3 Å². The van der Waals surface area contributed by atoms with E-state index in [9.17, 15) is 9.50 Å². The maximum atomic E-state index is 13.1. The van der Waals surface area contributed by atoms with Gasteiger partial charge in [-0.1, -0.05) is 37.6 Å². The first-order valence-corrected chi connectivity index (χ1v) is 11.6. The molecule has 1 aromatic carbocycles. The Balaban J connectivity index is 1.37. The molecule has 3 nitrogen and oxygen atoms in total. The predicted molar refractivity (Wildman–Crippen MR) is 119 cm³/mol. The highest BCUT2D eigenvalue weighted by Crippen LogP contribution is 2.64. The van der Waals surface area contributed by atoms with Crippen molar-refractivity contribution in [2.45, 2.75) is 71.3 Å². The van der Waals surface area contributed by atoms with Gasteiger partial charge in [0.1, 0.15) is 5.82 Å². The average Bonchev–Trinajstić information content (AvgIpc) is 3.06. The van der Waals surface area contributed by atoms with Crippen LogP contribution < -0.4 is 0 Å². The molecular formula is C26H33FN2O. The van der Waals surface area contributed by atoms with E-state index < -0.39 is 0 Å². The zero-order valence-corrected chi connectivity index (χ0v) is 18.1. The number of hydrogen-bond acceptors (Lipinski definition) is 3. The van der Waals surface area contributed by atoms with Gasteiger partial charge in [0.2, 0.25) is 0 Å². The predicted octanol–water partition coefficient (Wildman–Crippen LogP) is 5.92. The lowest BCUT2D eigenvalue weighted by molar-refractivity contribution is -0.0209. The SMILES string of the molecule is C[C@]12CC[C@@H](O)CC1=CC[C@H]1[C@H]2CC[C@]2(C)/C(=N\N=C/c3ccc(F)cc3)CC[C@@H]12. The number of allylic oxidation sites excluding steroid dienone is 1. The van der Waals surface area contributed by atoms with Crippen LogP contribution in [-0.2, 0) is 0 Å². The van der Waals surface area contributed by atoms with Crippen LogP contribution in [0.4, 0.5) is 4.39 Å². The minimum absolute atomic E-state index is 0.140. The van der Waals surface area contributed by atoms with Gasteiger partial charge in [0.25, 0.3) is 0 Å². The minimum atomic E-state index is -0.229. The Bertz CT molecular complexity index is 904. The number of rotatable bonds is 2. The van der Waals surface area contributed by atoms with Crippen LogP contribution in [0.15, 0.2) is 46.1 Å². The Morgan fingerprint density at radius 2 is 1.77 bits per heavy atom. The van der Waals surface area contributed by atoms with Gasteiger partial charge in [-0.3, -0.25) is 0 Å². The fourth-order valence-electron chi connectivity index (χ4n) is 7.31. The molecule has 0 amide bonds. The highest BCUT2D eigenvalue weighted by Gasteiger charge is 2.57. The van der Waals surface area contributed by atoms with Gasteiger partial charge in [-0.05, 0) is 92.2 Å². The minimum Gasteiger partial charge on any atom is -0.393 e. The lowest BCUT2D eigenvalue weighted by Crippen LogP contribution is -2.50. The van der Waals surface area contributed by atoms with Gasteiger partial charge in [0, 0.05) is 11.1 Å². The van der Waals surface area contributed by atoms with Crippen molar-refractivity contribution in [3.8, 4) is 0 Å². The maximum absolute atomic E-state index is 13.1. The largest absolute Gasteiger partial charge is 0.393 e. The molecule has 3 fully saturated rings. The van der Waals surface area contributed by atoms with E-state index in [1.807, 2.05) is 0 Å². The molecule has 3 saturated carbocycles. The zero-order valence-electron chi connectivity index (χ0n) is 18.1. The van der Waals surface area contributed by atoms with Crippen molar-refractivity contribution in [1.82, 2.24) is 0 Å². The fraction of sp³-hybridized carbons (Fsp3) is 0.615. The van der Waals surface area contributed by atoms with Crippen molar-refractivity contribution in [3.63, 3.8) is 0 Å². The van der Waals surface area contributed by atoms with Crippen molar-refractivity contribution >= 4 is 11.9 Å². The number of halogens is 1. The van der Waals surface area contributed by atoms with E-state index in [-0.39, 0.29) is 22.8 Å². The second-order valence-corrected chi connectivity index (χ2v) is 10.5. The molecule has 5 rings (SSSR count). The lowest BCUT2D eigenvalue weighted by Gasteiger charge is -2.57. The third-order valence-electron chi connectivity index (χ3n) is 9.07. The first kappa shape index (κ1) is 20.1. The van der Waals surface area contributed by atoms with E-state index in [1.165, 1.54) is 42.7 Å². The number of aliphatic hydroxyl groups is 1. The molecule has 1 N–H and O–H groups in total. The molecule has 4 aliphatic carbocycles. The van der Waals surface area contributed by atoms with Crippen LogP contribution in [0.5, 0.6) is 0 Å². The molecule has 4 heteroatoms. The Labute approximate surface area is 179 Å². The van der Waals surface area contributed by atoms with Gasteiger partial charge in [-0.15, -0.1) is 0 Å². The summed E-state index contributed by atoms with van der Waals surface area (Å²) in [7, 11) is 0. The smallest absolute Gasteiger partial charge is 0.123 e. The standard InChI is InChI=1S/C26H33FN2O/c1-25-13-11-20(30)15-18(25)5-8-21-22-9-10-24(26(22,2)14-12-23(21)25)29-28-16-17-3-6-19(27)7-4-17/h3-7,16,20-23,30H,8-15H2,1-2H3/b28-16-,29-24-/t20-,21-,22+,23-,25+,26+/m1/s1. The summed E-state index contributed by atoms with van der Waals surface area (Å²) in [6, 6.07) is 6.38. The Morgan fingerprint density at radius 3 is 2.57 bits per heavy atom. The maximum Gasteiger partial charge on any atom is 0.123 e. The van der Waals surface area contributed by atoms with Crippen LogP contribution in [0.2, 0.25) is 0 Å². The van der Waals surface area contributed by atoms with E-state index in [0.29, 0.717) is 5.92 Å². The molecule has 0 bridgehead atoms. The summed E-state index contributed by atoms with van der Waals surface area (Å²) in [5.41, 5.74) is 4.09. The average molecular weight is 409 g/mol. The van der Waals surface area contributed by atoms with Crippen LogP contribution in [0.3, 0.4) is 0 Å². The van der Waals surface area contributed by atoms with E-state index in [4.69, 9.17) is 0 Å². The molecular weight excluding hydrogens is 375 g/mol. The molecule has 0 unspecified atom stereocenters. The topological polar surface area (TPSA) is 45.0 Å². The summed E-state index contributed by atoms with van der Waals surface area (Å²) >= 11 is 0. The molecule has 160 valence electrons. The molecule has 30 heavy (non-hydrogen) atoms. The summed E-state index contributed by atoms with van der Waals surface area (Å²) < 4.78 is 13.1. The Morgan fingerprint density at radius 1 is 1.03 bits per heavy atom. The summed E-state index contributed by atoms with van der Waals surface area (Å²) in [6.07, 6.45) is 12.9. The molecule has 6 atom stereocenters. The van der Waals surface area contributed by atoms with Gasteiger partial charge in [-0.25, -0.2) is 4.39 Å². The van der Waals surface area contributed by atoms with Crippen LogP contribution in [0.25, 0.3) is 0 Å². The number of nitrogens with zero attached hydrogens (tertiary/aromatic N) is 2. The third kappa shape index (κ3) is 3.19. The molecule has 0 saturated heterocycles. The van der Waals surface area contributed by atoms with Crippen LogP contribution >= 0.6 is 0 Å². The van der Waals surface area contributed by atoms with Crippen molar-refractivity contribution < 1.29 is 9.50 Å². The van der Waals surface area contributed by atoms with E-state index in [2.05, 4.69) is 30.1 Å². The summed E-state index contributed by atoms with van der Waals surface area (Å²) in [5, 5.41) is 19.2. The number of benzene rings is 1. The highest BCUT2D eigenvalue weighted by atomic mass is 19.1. The van der Waals surface area contributed by atoms with Gasteiger partial charge in [0.05, 0.1) is 12.3 Å². The molecule has 0 spiro atoms. The normalized spacial score (nSPS) is 42.0. The molecule has 1 aromatic rings. The molecule has 0 aromatic heterocycles. The van der Waals surface area contributed by atoms with Crippen molar-refractivity contribution in [3.05, 3.63) is 47.3 Å². The monoisotopic (exact) mass is 408 g/mol. The van der Waals surface area contributed by atoms with E-state index in [0.717, 1.165) is 49.5 Å². The Hall–Kier alpha value is -1.81. The number of hydrogen-bond donors (Lipinski definition) is 1. The lowest BCUT2D eigenvalue weighted by atomic mass is 9.48. The van der Waals surface area contributed by atoms with Crippen molar-refractivity contribution in [2.24, 2.45) is 38.8 Å². The summed E-state index contributed by atoms with van der Waals surface area (Å²) in [4.78, 5) is 0. The molecule has 0 aliphatic heterocycles. The second-order valence-electron chi connectivity index (χ2n) is 10.5. The molecule has 4 aliphatic rings. The quantitative estimate of drug-likeness (QED) is 0.368. The van der Waals surface area contributed by atoms with Gasteiger partial charge in [0.15, 0.2) is 0 Å². The Kier molecular flexibility index (Phi) is 4.96. The van der Waals surface area contributed by atoms with Gasteiger partial charge < -0.3 is 5.11 Å². The zero-order chi connectivity index (χ0) is 20.9. The molecule has 0 heterocycles. The van der Waals surface area contributed by atoms with Gasteiger partial charge >= 0.3 is 0 Å². The summed E-state index contributed by atoms with van der Waals surface area (Å²) in [6.45, 7) is 4.89. The first-order chi connectivity index (χ1) is 14.4. The number of aliphatic hydroxyl groups excluding tert-OH is 1. The van der Waals surface area contributed by atoms with E-state index >= 15 is 0 Å². The molecule has 0 radical (unpaired) electrons. The van der Waals surface area contributed by atoms with Crippen LogP contribution in [0.1, 0.15) is 70.8 Å². The highest BCUT2D eigenvalue weighted by molar-refractivity contribution is 5.93. The van der Waals surface area contributed by atoms with Gasteiger partial charge in [-0.2, -0.15) is 10.2 Å².